The SMILES string of the molecule is CCCCCCC/C=C\C/C=C\C/C=C\CCCCCCCCCCCCCCC(=O)NC(COC1OC(CO)C(OC2OC(CO)C(OC3OC(CO)C(O)C(O)C3O)C(O)C2O)C(O)C1O)C(O)/C=C/CCCCCCCCCCCCCCCCCCCCCC. The lowest BCUT2D eigenvalue weighted by Crippen LogP contribution is -2.66. The summed E-state index contributed by atoms with van der Waals surface area (Å²) in [6.45, 7) is 1.75. The molecule has 3 heterocycles. The Morgan fingerprint density at radius 2 is 0.702 bits per heavy atom. The Morgan fingerprint density at radius 3 is 1.10 bits per heavy atom. The van der Waals surface area contributed by atoms with Gasteiger partial charge in [0.05, 0.1) is 38.6 Å². The second-order valence-electron chi connectivity index (χ2n) is 27.1. The van der Waals surface area contributed by atoms with Crippen LogP contribution >= 0.6 is 0 Å². The van der Waals surface area contributed by atoms with Gasteiger partial charge in [-0.15, -0.1) is 0 Å². The van der Waals surface area contributed by atoms with Crippen molar-refractivity contribution in [3.63, 3.8) is 0 Å². The molecular formula is C75H137NO18. The molecule has 94 heavy (non-hydrogen) atoms. The molecule has 0 aromatic rings. The maximum absolute atomic E-state index is 13.5. The topological polar surface area (TPSA) is 307 Å². The van der Waals surface area contributed by atoms with E-state index >= 15 is 0 Å². The van der Waals surface area contributed by atoms with E-state index in [1.165, 1.54) is 199 Å². The molecule has 0 saturated carbocycles. The average molecular weight is 1340 g/mol. The highest BCUT2D eigenvalue weighted by atomic mass is 16.8. The third-order valence-corrected chi connectivity index (χ3v) is 18.9. The zero-order chi connectivity index (χ0) is 68.2. The Morgan fingerprint density at radius 1 is 0.383 bits per heavy atom. The highest BCUT2D eigenvalue weighted by Gasteiger charge is 2.53. The number of allylic oxidation sites excluding steroid dienone is 7. The van der Waals surface area contributed by atoms with Crippen molar-refractivity contribution in [2.45, 2.75) is 394 Å². The molecule has 0 aromatic heterocycles. The highest BCUT2D eigenvalue weighted by Crippen LogP contribution is 2.33. The van der Waals surface area contributed by atoms with Crippen molar-refractivity contribution in [1.82, 2.24) is 5.32 Å². The molecule has 19 nitrogen and oxygen atoms in total. The zero-order valence-corrected chi connectivity index (χ0v) is 58.4. The number of hydrogen-bond donors (Lipinski definition) is 12. The van der Waals surface area contributed by atoms with E-state index in [2.05, 4.69) is 55.6 Å². The fourth-order valence-corrected chi connectivity index (χ4v) is 12.7. The fraction of sp³-hybridized carbons (Fsp3) is 0.880. The monoisotopic (exact) mass is 1340 g/mol. The smallest absolute Gasteiger partial charge is 0.220 e. The first-order chi connectivity index (χ1) is 45.8. The molecule has 3 aliphatic heterocycles. The summed E-state index contributed by atoms with van der Waals surface area (Å²) in [5.74, 6) is -0.275. The van der Waals surface area contributed by atoms with E-state index in [9.17, 15) is 61.0 Å². The van der Waals surface area contributed by atoms with Crippen molar-refractivity contribution in [2.75, 3.05) is 26.4 Å². The predicted molar refractivity (Wildman–Crippen MR) is 369 cm³/mol. The summed E-state index contributed by atoms with van der Waals surface area (Å²) in [5.41, 5.74) is 0. The zero-order valence-electron chi connectivity index (χ0n) is 58.4. The minimum atomic E-state index is -1.98. The van der Waals surface area contributed by atoms with Gasteiger partial charge in [0.1, 0.15) is 73.2 Å². The molecule has 17 atom stereocenters. The van der Waals surface area contributed by atoms with E-state index in [-0.39, 0.29) is 18.9 Å². The maximum atomic E-state index is 13.5. The number of amides is 1. The lowest BCUT2D eigenvalue weighted by molar-refractivity contribution is -0.379. The summed E-state index contributed by atoms with van der Waals surface area (Å²) in [4.78, 5) is 13.5. The first-order valence-corrected chi connectivity index (χ1v) is 37.9. The van der Waals surface area contributed by atoms with Gasteiger partial charge < -0.3 is 89.9 Å². The highest BCUT2D eigenvalue weighted by molar-refractivity contribution is 5.76. The normalized spacial score (nSPS) is 27.6. The number of rotatable bonds is 59. The number of carbonyl (C=O) groups excluding carboxylic acids is 1. The van der Waals surface area contributed by atoms with E-state index in [1.807, 2.05) is 6.08 Å². The number of nitrogens with one attached hydrogen (secondary N) is 1. The summed E-state index contributed by atoms with van der Waals surface area (Å²) >= 11 is 0. The third-order valence-electron chi connectivity index (χ3n) is 18.9. The van der Waals surface area contributed by atoms with Gasteiger partial charge in [0.15, 0.2) is 18.9 Å². The second kappa shape index (κ2) is 56.5. The molecular weight excluding hydrogens is 1200 g/mol. The molecule has 12 N–H and O–H groups in total. The molecule has 550 valence electrons. The Balaban J connectivity index is 1.41. The first kappa shape index (κ1) is 86.0. The predicted octanol–water partition coefficient (Wildman–Crippen LogP) is 11.3. The molecule has 3 aliphatic rings. The summed E-state index contributed by atoms with van der Waals surface area (Å²) in [6.07, 6.45) is 42.2. The van der Waals surface area contributed by atoms with Gasteiger partial charge in [-0.2, -0.15) is 0 Å². The van der Waals surface area contributed by atoms with Crippen LogP contribution in [0.4, 0.5) is 0 Å². The van der Waals surface area contributed by atoms with Crippen LogP contribution < -0.4 is 5.32 Å². The summed E-state index contributed by atoms with van der Waals surface area (Å²) in [5, 5.41) is 121. The number of ether oxygens (including phenoxy) is 6. The van der Waals surface area contributed by atoms with Crippen molar-refractivity contribution in [1.29, 1.82) is 0 Å². The van der Waals surface area contributed by atoms with E-state index < -0.39 is 124 Å². The van der Waals surface area contributed by atoms with Gasteiger partial charge in [0, 0.05) is 6.42 Å². The number of aliphatic hydroxyl groups is 11. The van der Waals surface area contributed by atoms with Crippen LogP contribution in [-0.2, 0) is 33.2 Å². The average Bonchev–Trinajstić information content (AvgIpc) is 0.787. The number of carbonyl (C=O) groups is 1. The van der Waals surface area contributed by atoms with Gasteiger partial charge in [-0.05, 0) is 57.8 Å². The van der Waals surface area contributed by atoms with Crippen LogP contribution in [0.2, 0.25) is 0 Å². The fourth-order valence-electron chi connectivity index (χ4n) is 12.7. The van der Waals surface area contributed by atoms with Crippen molar-refractivity contribution in [3.05, 3.63) is 48.6 Å². The van der Waals surface area contributed by atoms with E-state index in [4.69, 9.17) is 28.4 Å². The standard InChI is InChI=1S/C75H137NO18/c1-3-5-7-9-11-13-15-17-19-21-23-25-27-28-29-30-31-33-35-37-39-41-43-45-47-49-51-53-63(81)76-58(59(80)52-50-48-46-44-42-40-38-36-34-32-26-24-22-20-18-16-14-12-10-8-6-4-2)57-89-73-69(87)66(84)71(61(55-78)91-73)94-75-70(88)67(85)72(62(56-79)92-75)93-74-68(86)65(83)64(82)60(54-77)90-74/h15,17,21,23,27-28,50,52,58-62,64-75,77-80,82-88H,3-14,16,18-20,22,24-26,29-49,51,53-57H2,1-2H3,(H,76,81)/b17-15-,23-21-,28-27-,52-50+. The van der Waals surface area contributed by atoms with Crippen LogP contribution in [0.3, 0.4) is 0 Å². The van der Waals surface area contributed by atoms with Gasteiger partial charge in [-0.1, -0.05) is 274 Å². The maximum Gasteiger partial charge on any atom is 0.220 e. The molecule has 3 rings (SSSR count). The molecule has 0 aromatic carbocycles. The molecule has 17 unspecified atom stereocenters. The van der Waals surface area contributed by atoms with E-state index in [0.717, 1.165) is 64.2 Å². The minimum Gasteiger partial charge on any atom is -0.394 e. The Labute approximate surface area is 567 Å². The molecule has 0 aliphatic carbocycles. The lowest BCUT2D eigenvalue weighted by Gasteiger charge is -2.48. The van der Waals surface area contributed by atoms with Crippen LogP contribution in [0.5, 0.6) is 0 Å². The minimum absolute atomic E-state index is 0.241. The van der Waals surface area contributed by atoms with Crippen LogP contribution in [-0.4, -0.2) is 193 Å². The molecule has 19 heteroatoms. The van der Waals surface area contributed by atoms with E-state index in [0.29, 0.717) is 6.42 Å². The molecule has 0 radical (unpaired) electrons. The van der Waals surface area contributed by atoms with Crippen molar-refractivity contribution < 1.29 is 89.4 Å². The molecule has 3 saturated heterocycles. The van der Waals surface area contributed by atoms with Crippen molar-refractivity contribution >= 4 is 5.91 Å². The molecule has 3 fully saturated rings. The summed E-state index contributed by atoms with van der Waals surface area (Å²) < 4.78 is 34.4. The third kappa shape index (κ3) is 37.3. The Kier molecular flexibility index (Phi) is 51.7. The quantitative estimate of drug-likeness (QED) is 0.0199. The number of unbranched alkanes of at least 4 members (excludes halogenated alkanes) is 37. The number of hydrogen-bond acceptors (Lipinski definition) is 18. The van der Waals surface area contributed by atoms with Crippen LogP contribution in [0.15, 0.2) is 48.6 Å². The largest absolute Gasteiger partial charge is 0.394 e. The molecule has 1 amide bonds. The lowest BCUT2D eigenvalue weighted by atomic mass is 9.96. The van der Waals surface area contributed by atoms with Crippen molar-refractivity contribution in [3.8, 4) is 0 Å². The summed E-state index contributed by atoms with van der Waals surface area (Å²) in [6, 6.07) is -0.976. The van der Waals surface area contributed by atoms with Crippen LogP contribution in [0, 0.1) is 0 Å². The molecule has 0 spiro atoms. The van der Waals surface area contributed by atoms with Crippen LogP contribution in [0.1, 0.15) is 290 Å². The van der Waals surface area contributed by atoms with Gasteiger partial charge in [-0.25, -0.2) is 0 Å². The first-order valence-electron chi connectivity index (χ1n) is 37.9. The van der Waals surface area contributed by atoms with Gasteiger partial charge in [0.2, 0.25) is 5.91 Å². The summed E-state index contributed by atoms with van der Waals surface area (Å²) in [7, 11) is 0. The van der Waals surface area contributed by atoms with Crippen LogP contribution in [0.25, 0.3) is 0 Å². The Hall–Kier alpha value is -2.25. The number of aliphatic hydroxyl groups excluding tert-OH is 11. The van der Waals surface area contributed by atoms with E-state index in [1.54, 1.807) is 6.08 Å². The molecule has 0 bridgehead atoms. The Bertz CT molecular complexity index is 1890. The van der Waals surface area contributed by atoms with Crippen molar-refractivity contribution in [2.24, 2.45) is 0 Å². The van der Waals surface area contributed by atoms with Gasteiger partial charge in [-0.3, -0.25) is 4.79 Å². The van der Waals surface area contributed by atoms with Gasteiger partial charge >= 0.3 is 0 Å². The van der Waals surface area contributed by atoms with Gasteiger partial charge in [0.25, 0.3) is 0 Å². The second-order valence-corrected chi connectivity index (χ2v) is 27.1.